The number of aromatic nitrogens is 3. The van der Waals surface area contributed by atoms with Gasteiger partial charge in [-0.2, -0.15) is 0 Å². The molecule has 0 saturated carbocycles. The maximum atomic E-state index is 13.3. The Balaban J connectivity index is 1.75. The molecule has 21 heavy (non-hydrogen) atoms. The van der Waals surface area contributed by atoms with Gasteiger partial charge in [0, 0.05) is 18.8 Å². The van der Waals surface area contributed by atoms with Crippen molar-refractivity contribution in [2.75, 3.05) is 18.4 Å². The van der Waals surface area contributed by atoms with E-state index in [9.17, 15) is 9.18 Å². The zero-order valence-electron chi connectivity index (χ0n) is 10.6. The summed E-state index contributed by atoms with van der Waals surface area (Å²) in [6, 6.07) is 2.77. The smallest absolute Gasteiger partial charge is 0.277 e. The lowest BCUT2D eigenvalue weighted by Gasteiger charge is -2.26. The van der Waals surface area contributed by atoms with Gasteiger partial charge in [-0.15, -0.1) is 5.10 Å². The molecule has 6 nitrogen and oxygen atoms in total. The van der Waals surface area contributed by atoms with Crippen LogP contribution < -0.4 is 10.6 Å². The van der Waals surface area contributed by atoms with Crippen molar-refractivity contribution >= 4 is 34.8 Å². The highest BCUT2D eigenvalue weighted by molar-refractivity contribution is 6.35. The lowest BCUT2D eigenvalue weighted by Crippen LogP contribution is -2.43. The van der Waals surface area contributed by atoms with Gasteiger partial charge < -0.3 is 10.6 Å². The van der Waals surface area contributed by atoms with Gasteiger partial charge in [-0.05, 0) is 12.1 Å². The number of amides is 1. The van der Waals surface area contributed by atoms with E-state index in [1.165, 1.54) is 12.1 Å². The summed E-state index contributed by atoms with van der Waals surface area (Å²) in [5.41, 5.74) is 0.453. The minimum atomic E-state index is -0.722. The molecule has 2 aromatic rings. The summed E-state index contributed by atoms with van der Waals surface area (Å²) in [4.78, 5) is 12.0. The molecule has 1 aromatic heterocycles. The van der Waals surface area contributed by atoms with Gasteiger partial charge in [0.25, 0.3) is 5.91 Å². The lowest BCUT2D eigenvalue weighted by molar-refractivity contribution is 0.102. The third kappa shape index (κ3) is 2.85. The SMILES string of the molecule is O=C(Nc1cc(Cl)c(F)c(Cl)c1)c1cn(C2CNC2)nn1. The number of carbonyl (C=O) groups excluding carboxylic acids is 1. The van der Waals surface area contributed by atoms with Crippen molar-refractivity contribution in [3.05, 3.63) is 39.9 Å². The molecule has 3 rings (SSSR count). The number of anilines is 1. The lowest BCUT2D eigenvalue weighted by atomic mass is 10.2. The molecule has 1 saturated heterocycles. The van der Waals surface area contributed by atoms with Crippen molar-refractivity contribution in [1.82, 2.24) is 20.3 Å². The van der Waals surface area contributed by atoms with E-state index >= 15 is 0 Å². The van der Waals surface area contributed by atoms with Crippen LogP contribution in [-0.2, 0) is 0 Å². The normalized spacial score (nSPS) is 14.8. The standard InChI is InChI=1S/C12H10Cl2FN5O/c13-8-1-6(2-9(14)11(8)15)17-12(21)10-5-20(19-18-10)7-3-16-4-7/h1-2,5,7,16H,3-4H2,(H,17,21). The fourth-order valence-corrected chi connectivity index (χ4v) is 2.33. The van der Waals surface area contributed by atoms with Crippen LogP contribution in [0.2, 0.25) is 10.0 Å². The summed E-state index contributed by atoms with van der Waals surface area (Å²) in [6.07, 6.45) is 1.56. The van der Waals surface area contributed by atoms with Crippen molar-refractivity contribution in [2.24, 2.45) is 0 Å². The number of hydrogen-bond acceptors (Lipinski definition) is 4. The van der Waals surface area contributed by atoms with E-state index in [1.54, 1.807) is 10.9 Å². The van der Waals surface area contributed by atoms with Gasteiger partial charge in [0.2, 0.25) is 0 Å². The first-order chi connectivity index (χ1) is 10.0. The van der Waals surface area contributed by atoms with Crippen LogP contribution in [-0.4, -0.2) is 34.0 Å². The van der Waals surface area contributed by atoms with Gasteiger partial charge in [-0.3, -0.25) is 4.79 Å². The highest BCUT2D eigenvalue weighted by atomic mass is 35.5. The Hall–Kier alpha value is -1.70. The van der Waals surface area contributed by atoms with Crippen molar-refractivity contribution in [2.45, 2.75) is 6.04 Å². The maximum absolute atomic E-state index is 13.3. The van der Waals surface area contributed by atoms with Crippen LogP contribution in [0.4, 0.5) is 10.1 Å². The second kappa shape index (κ2) is 5.59. The van der Waals surface area contributed by atoms with Gasteiger partial charge in [0.05, 0.1) is 22.3 Å². The average Bonchev–Trinajstić information content (AvgIpc) is 2.83. The first kappa shape index (κ1) is 14.2. The fourth-order valence-electron chi connectivity index (χ4n) is 1.84. The molecule has 0 bridgehead atoms. The Morgan fingerprint density at radius 1 is 1.38 bits per heavy atom. The first-order valence-electron chi connectivity index (χ1n) is 6.13. The van der Waals surface area contributed by atoms with Crippen LogP contribution in [0.1, 0.15) is 16.5 Å². The van der Waals surface area contributed by atoms with E-state index in [0.29, 0.717) is 0 Å². The zero-order chi connectivity index (χ0) is 15.0. The monoisotopic (exact) mass is 329 g/mol. The highest BCUT2D eigenvalue weighted by Crippen LogP contribution is 2.27. The van der Waals surface area contributed by atoms with E-state index < -0.39 is 11.7 Å². The van der Waals surface area contributed by atoms with Crippen molar-refractivity contribution < 1.29 is 9.18 Å². The molecule has 0 spiro atoms. The number of benzene rings is 1. The second-order valence-corrected chi connectivity index (χ2v) is 5.42. The van der Waals surface area contributed by atoms with Gasteiger partial charge in [-0.1, -0.05) is 28.4 Å². The quantitative estimate of drug-likeness (QED) is 0.846. The summed E-state index contributed by atoms with van der Waals surface area (Å²) in [5, 5.41) is 13.0. The molecule has 0 atom stereocenters. The van der Waals surface area contributed by atoms with Gasteiger partial charge >= 0.3 is 0 Å². The second-order valence-electron chi connectivity index (χ2n) is 4.60. The van der Waals surface area contributed by atoms with Crippen LogP contribution in [0.25, 0.3) is 0 Å². The average molecular weight is 330 g/mol. The molecule has 1 fully saturated rings. The van der Waals surface area contributed by atoms with Crippen LogP contribution in [0.5, 0.6) is 0 Å². The Labute approximate surface area is 129 Å². The molecule has 1 aromatic carbocycles. The predicted molar refractivity (Wildman–Crippen MR) is 76.3 cm³/mol. The van der Waals surface area contributed by atoms with Crippen molar-refractivity contribution in [3.63, 3.8) is 0 Å². The molecule has 9 heteroatoms. The van der Waals surface area contributed by atoms with Crippen LogP contribution in [0.3, 0.4) is 0 Å². The number of nitrogens with zero attached hydrogens (tertiary/aromatic N) is 3. The Morgan fingerprint density at radius 3 is 2.62 bits per heavy atom. The van der Waals surface area contributed by atoms with Crippen LogP contribution in [0.15, 0.2) is 18.3 Å². The summed E-state index contributed by atoms with van der Waals surface area (Å²) >= 11 is 11.3. The molecule has 2 heterocycles. The number of hydrogen-bond donors (Lipinski definition) is 2. The molecule has 0 radical (unpaired) electrons. The van der Waals surface area contributed by atoms with Gasteiger partial charge in [0.15, 0.2) is 11.5 Å². The summed E-state index contributed by atoms with van der Waals surface area (Å²) in [7, 11) is 0. The maximum Gasteiger partial charge on any atom is 0.277 e. The molecule has 2 N–H and O–H groups in total. The number of nitrogens with one attached hydrogen (secondary N) is 2. The minimum Gasteiger partial charge on any atom is -0.320 e. The first-order valence-corrected chi connectivity index (χ1v) is 6.88. The fraction of sp³-hybridized carbons (Fsp3) is 0.250. The molecule has 0 aliphatic carbocycles. The molecule has 1 aliphatic heterocycles. The highest BCUT2D eigenvalue weighted by Gasteiger charge is 2.22. The number of rotatable bonds is 3. The summed E-state index contributed by atoms with van der Waals surface area (Å²) in [6.45, 7) is 1.60. The molecule has 1 aliphatic rings. The van der Waals surface area contributed by atoms with Gasteiger partial charge in [0.1, 0.15) is 0 Å². The Morgan fingerprint density at radius 2 is 2.05 bits per heavy atom. The molecular formula is C12H10Cl2FN5O. The zero-order valence-corrected chi connectivity index (χ0v) is 12.1. The summed E-state index contributed by atoms with van der Waals surface area (Å²) < 4.78 is 14.9. The Bertz CT molecular complexity index is 678. The van der Waals surface area contributed by atoms with Crippen LogP contribution >= 0.6 is 23.2 Å². The number of halogens is 3. The van der Waals surface area contributed by atoms with E-state index in [4.69, 9.17) is 23.2 Å². The minimum absolute atomic E-state index is 0.165. The third-order valence-electron chi connectivity index (χ3n) is 3.12. The number of carbonyl (C=O) groups is 1. The largest absolute Gasteiger partial charge is 0.320 e. The molecular weight excluding hydrogens is 320 g/mol. The molecule has 1 amide bonds. The van der Waals surface area contributed by atoms with Gasteiger partial charge in [-0.25, -0.2) is 9.07 Å². The van der Waals surface area contributed by atoms with Crippen molar-refractivity contribution in [3.8, 4) is 0 Å². The molecule has 110 valence electrons. The van der Waals surface area contributed by atoms with E-state index in [0.717, 1.165) is 13.1 Å². The Kier molecular flexibility index (Phi) is 3.79. The van der Waals surface area contributed by atoms with E-state index in [1.807, 2.05) is 0 Å². The predicted octanol–water partition coefficient (Wildman–Crippen LogP) is 2.12. The van der Waals surface area contributed by atoms with Crippen molar-refractivity contribution in [1.29, 1.82) is 0 Å². The molecule has 0 unspecified atom stereocenters. The third-order valence-corrected chi connectivity index (χ3v) is 3.67. The van der Waals surface area contributed by atoms with E-state index in [2.05, 4.69) is 20.9 Å². The van der Waals surface area contributed by atoms with Crippen LogP contribution in [0, 0.1) is 5.82 Å². The van der Waals surface area contributed by atoms with E-state index in [-0.39, 0.29) is 27.5 Å². The topological polar surface area (TPSA) is 71.8 Å². The summed E-state index contributed by atoms with van der Waals surface area (Å²) in [5.74, 6) is -1.19.